The van der Waals surface area contributed by atoms with Gasteiger partial charge in [0.15, 0.2) is 0 Å². The lowest BCUT2D eigenvalue weighted by molar-refractivity contribution is -0.116. The van der Waals surface area contributed by atoms with Crippen molar-refractivity contribution in [1.82, 2.24) is 10.2 Å². The summed E-state index contributed by atoms with van der Waals surface area (Å²) in [5, 5.41) is 22.6. The topological polar surface area (TPSA) is 150 Å². The molecule has 1 aliphatic heterocycles. The molecule has 0 aliphatic carbocycles. The third-order valence-electron chi connectivity index (χ3n) is 10.9. The lowest BCUT2D eigenvalue weighted by Gasteiger charge is -2.41. The number of piperidine rings is 1. The van der Waals surface area contributed by atoms with Crippen LogP contribution in [0.3, 0.4) is 0 Å². The number of para-hydroxylation sites is 1. The van der Waals surface area contributed by atoms with Crippen molar-refractivity contribution in [3.63, 3.8) is 0 Å². The van der Waals surface area contributed by atoms with Gasteiger partial charge in [-0.25, -0.2) is 4.79 Å². The molecule has 1 atom stereocenters. The van der Waals surface area contributed by atoms with Gasteiger partial charge < -0.3 is 39.5 Å². The average Bonchev–Trinajstić information content (AvgIpc) is 3.22. The number of phenolic OH excluding ortho intramolecular Hbond substituents is 1. The summed E-state index contributed by atoms with van der Waals surface area (Å²) >= 11 is 0. The maximum Gasteiger partial charge on any atom is 0.411 e. The minimum Gasteiger partial charge on any atom is -0.506 e. The van der Waals surface area contributed by atoms with E-state index in [9.17, 15) is 19.5 Å². The zero-order chi connectivity index (χ0) is 42.4. The zero-order valence-corrected chi connectivity index (χ0v) is 36.9. The van der Waals surface area contributed by atoms with E-state index in [-0.39, 0.29) is 43.2 Å². The molecule has 1 saturated heterocycles. The maximum atomic E-state index is 13.1. The zero-order valence-electron chi connectivity index (χ0n) is 34.9. The second-order valence-electron chi connectivity index (χ2n) is 15.4. The molecule has 0 spiro atoms. The van der Waals surface area contributed by atoms with Crippen LogP contribution in [0.1, 0.15) is 61.3 Å². The number of carbonyl (C=O) groups excluding carboxylic acids is 3. The summed E-state index contributed by atoms with van der Waals surface area (Å²) in [6, 6.07) is 27.0. The molecule has 4 aromatic rings. The number of likely N-dealkylation sites (tertiary alicyclic amines) is 1. The molecule has 4 aromatic carbocycles. The molecule has 5 N–H and O–H groups in total. The summed E-state index contributed by atoms with van der Waals surface area (Å²) in [7, 11) is 0.486. The SMILES string of the molecule is C[Si]OC(O[Si]C)C(C)(C)[C@H](CNCc1cc(C)c(NC(=O)CCN2CCC(OC(=O)Nc3ccccc3-c3ccccc3)CC2)cc1C)c1ccc(O)c(NC=O)c1. The van der Waals surface area contributed by atoms with Crippen molar-refractivity contribution in [1.29, 1.82) is 0 Å². The van der Waals surface area contributed by atoms with Crippen molar-refractivity contribution in [3.05, 3.63) is 107 Å². The average molecular weight is 836 g/mol. The predicted molar refractivity (Wildman–Crippen MR) is 236 cm³/mol. The monoisotopic (exact) mass is 835 g/mol. The highest BCUT2D eigenvalue weighted by molar-refractivity contribution is 6.26. The smallest absolute Gasteiger partial charge is 0.411 e. The van der Waals surface area contributed by atoms with Gasteiger partial charge in [-0.2, -0.15) is 0 Å². The van der Waals surface area contributed by atoms with E-state index in [2.05, 4.69) is 46.1 Å². The Morgan fingerprint density at radius 2 is 1.58 bits per heavy atom. The Bertz CT molecular complexity index is 2000. The van der Waals surface area contributed by atoms with Gasteiger partial charge in [-0.3, -0.25) is 14.9 Å². The van der Waals surface area contributed by atoms with Gasteiger partial charge in [0.1, 0.15) is 18.1 Å². The van der Waals surface area contributed by atoms with Crippen LogP contribution in [-0.2, 0) is 29.7 Å². The van der Waals surface area contributed by atoms with E-state index in [0.717, 1.165) is 52.2 Å². The van der Waals surface area contributed by atoms with Crippen LogP contribution in [0.5, 0.6) is 5.75 Å². The quantitative estimate of drug-likeness (QED) is 0.0259. The normalized spacial score (nSPS) is 14.2. The highest BCUT2D eigenvalue weighted by atomic mass is 28.2. The second-order valence-corrected chi connectivity index (χ2v) is 16.7. The number of benzene rings is 4. The van der Waals surface area contributed by atoms with Crippen molar-refractivity contribution in [2.75, 3.05) is 42.1 Å². The summed E-state index contributed by atoms with van der Waals surface area (Å²) in [5.41, 5.74) is 7.37. The second kappa shape index (κ2) is 22.0. The third kappa shape index (κ3) is 12.6. The molecule has 12 nitrogen and oxygen atoms in total. The van der Waals surface area contributed by atoms with Crippen LogP contribution in [0.2, 0.25) is 13.1 Å². The first kappa shape index (κ1) is 45.3. The lowest BCUT2D eigenvalue weighted by atomic mass is 9.74. The van der Waals surface area contributed by atoms with E-state index >= 15 is 0 Å². The van der Waals surface area contributed by atoms with Crippen molar-refractivity contribution in [3.8, 4) is 16.9 Å². The van der Waals surface area contributed by atoms with Crippen molar-refractivity contribution >= 4 is 55.0 Å². The summed E-state index contributed by atoms with van der Waals surface area (Å²) in [4.78, 5) is 39.5. The summed E-state index contributed by atoms with van der Waals surface area (Å²) in [6.45, 7) is 15.5. The van der Waals surface area contributed by atoms with Crippen LogP contribution >= 0.6 is 0 Å². The fraction of sp³-hybridized carbons (Fsp3) is 0.400. The van der Waals surface area contributed by atoms with Crippen molar-refractivity contribution in [2.45, 2.75) is 84.9 Å². The molecule has 4 radical (unpaired) electrons. The van der Waals surface area contributed by atoms with Crippen LogP contribution in [0, 0.1) is 19.3 Å². The Morgan fingerprint density at radius 1 is 0.881 bits per heavy atom. The number of anilines is 3. The van der Waals surface area contributed by atoms with Gasteiger partial charge in [0, 0.05) is 61.7 Å². The highest BCUT2D eigenvalue weighted by Crippen LogP contribution is 2.42. The largest absolute Gasteiger partial charge is 0.506 e. The van der Waals surface area contributed by atoms with Crippen LogP contribution in [0.4, 0.5) is 21.9 Å². The summed E-state index contributed by atoms with van der Waals surface area (Å²) in [6.07, 6.45) is 1.21. The van der Waals surface area contributed by atoms with Crippen LogP contribution in [0.25, 0.3) is 11.1 Å². The number of rotatable bonds is 20. The molecule has 0 saturated carbocycles. The molecule has 1 aliphatic rings. The Balaban J connectivity index is 1.11. The first-order valence-corrected chi connectivity index (χ1v) is 22.9. The first-order chi connectivity index (χ1) is 28.4. The number of hydrogen-bond acceptors (Lipinski definition) is 9. The Hall–Kier alpha value is -4.84. The molecule has 59 heavy (non-hydrogen) atoms. The van der Waals surface area contributed by atoms with Crippen molar-refractivity contribution in [2.24, 2.45) is 5.41 Å². The lowest BCUT2D eigenvalue weighted by Crippen LogP contribution is -2.43. The fourth-order valence-corrected chi connectivity index (χ4v) is 8.72. The minimum atomic E-state index is -0.482. The number of aryl methyl sites for hydroxylation is 2. The van der Waals surface area contributed by atoms with Gasteiger partial charge >= 0.3 is 6.09 Å². The number of hydrogen-bond donors (Lipinski definition) is 5. The molecule has 0 aromatic heterocycles. The number of nitrogens with one attached hydrogen (secondary N) is 4. The van der Waals surface area contributed by atoms with Crippen LogP contribution in [-0.4, -0.2) is 86.5 Å². The number of nitrogens with zero attached hydrogens (tertiary/aromatic N) is 1. The van der Waals surface area contributed by atoms with Gasteiger partial charge in [-0.1, -0.05) is 74.5 Å². The van der Waals surface area contributed by atoms with Crippen molar-refractivity contribution < 1.29 is 33.1 Å². The van der Waals surface area contributed by atoms with Gasteiger partial charge in [0.25, 0.3) is 0 Å². The molecule has 0 unspecified atom stereocenters. The maximum absolute atomic E-state index is 13.1. The van der Waals surface area contributed by atoms with E-state index in [1.54, 1.807) is 12.1 Å². The molecule has 1 heterocycles. The Morgan fingerprint density at radius 3 is 2.27 bits per heavy atom. The molecule has 14 heteroatoms. The minimum absolute atomic E-state index is 0.00632. The molecule has 3 amide bonds. The predicted octanol–water partition coefficient (Wildman–Crippen LogP) is 7.88. The molecule has 0 bridgehead atoms. The van der Waals surface area contributed by atoms with Crippen LogP contribution in [0.15, 0.2) is 84.9 Å². The summed E-state index contributed by atoms with van der Waals surface area (Å²) < 4.78 is 18.0. The summed E-state index contributed by atoms with van der Waals surface area (Å²) in [5.74, 6) is -0.165. The number of amides is 3. The van der Waals surface area contributed by atoms with Gasteiger partial charge in [0.05, 0.1) is 11.4 Å². The standard InChI is InChI=1S/C45H57N5O7Si2/c1-30-25-39(31(2)24-34(30)27-46-28-37(45(3,4)43(56-58-5)57-59-6)33-16-17-41(52)40(26-33)47-29-51)48-42(53)20-23-50-21-18-35(19-22-50)55-44(54)49-38-15-11-10-14-36(38)32-12-8-7-9-13-32/h7-17,24-26,29,35,37,43,46,52H,18-23,27-28H2,1-6H3,(H,47,51)(H,48,53)(H,49,54)/t37-/m1/s1. The highest BCUT2D eigenvalue weighted by Gasteiger charge is 2.39. The van der Waals surface area contributed by atoms with Crippen LogP contribution < -0.4 is 21.3 Å². The van der Waals surface area contributed by atoms with Gasteiger partial charge in [-0.05, 0) is 91.9 Å². The van der Waals surface area contributed by atoms with E-state index in [1.165, 1.54) is 0 Å². The molecule has 312 valence electrons. The molecular weight excluding hydrogens is 779 g/mol. The van der Waals surface area contributed by atoms with E-state index < -0.39 is 17.8 Å². The first-order valence-electron chi connectivity index (χ1n) is 20.1. The number of ether oxygens (including phenoxy) is 1. The number of phenols is 1. The van der Waals surface area contributed by atoms with Gasteiger partial charge in [-0.15, -0.1) is 0 Å². The Labute approximate surface area is 353 Å². The van der Waals surface area contributed by atoms with E-state index in [0.29, 0.717) is 56.7 Å². The molecule has 1 fully saturated rings. The third-order valence-corrected chi connectivity index (χ3v) is 11.8. The van der Waals surface area contributed by atoms with E-state index in [4.69, 9.17) is 13.6 Å². The fourth-order valence-electron chi connectivity index (χ4n) is 7.49. The molecular formula is C45H57N5O7Si2. The Kier molecular flexibility index (Phi) is 16.8. The molecule has 5 rings (SSSR count). The number of carbonyl (C=O) groups is 3. The number of aromatic hydroxyl groups is 1. The van der Waals surface area contributed by atoms with E-state index in [1.807, 2.05) is 93.7 Å². The van der Waals surface area contributed by atoms with Gasteiger partial charge in [0.2, 0.25) is 31.8 Å².